The predicted molar refractivity (Wildman–Crippen MR) is 154 cm³/mol. The lowest BCUT2D eigenvalue weighted by atomic mass is 9.83. The normalized spacial score (nSPS) is 17.7. The Bertz CT molecular complexity index is 1560. The average molecular weight is 514 g/mol. The van der Waals surface area contributed by atoms with Crippen molar-refractivity contribution in [3.63, 3.8) is 0 Å². The number of aryl methyl sites for hydroxylation is 1. The quantitative estimate of drug-likeness (QED) is 0.379. The van der Waals surface area contributed by atoms with Gasteiger partial charge in [-0.25, -0.2) is 19.3 Å². The fourth-order valence-corrected chi connectivity index (χ4v) is 5.60. The van der Waals surface area contributed by atoms with E-state index in [1.807, 2.05) is 27.6 Å². The molecule has 3 heterocycles. The molecule has 0 bridgehead atoms. The van der Waals surface area contributed by atoms with Gasteiger partial charge in [0.1, 0.15) is 5.39 Å². The van der Waals surface area contributed by atoms with Crippen LogP contribution in [-0.2, 0) is 18.3 Å². The third-order valence-corrected chi connectivity index (χ3v) is 7.65. The summed E-state index contributed by atoms with van der Waals surface area (Å²) in [7, 11) is 4.30. The van der Waals surface area contributed by atoms with Crippen LogP contribution in [-0.4, -0.2) is 49.9 Å². The van der Waals surface area contributed by atoms with E-state index >= 15 is 0 Å². The smallest absolute Gasteiger partial charge is 0.278 e. The highest BCUT2D eigenvalue weighted by molar-refractivity contribution is 5.77. The van der Waals surface area contributed by atoms with E-state index in [0.717, 1.165) is 43.6 Å². The van der Waals surface area contributed by atoms with Crippen LogP contribution in [0, 0.1) is 5.92 Å². The van der Waals surface area contributed by atoms with Crippen LogP contribution < -0.4 is 10.9 Å². The van der Waals surface area contributed by atoms with Crippen LogP contribution in [0.5, 0.6) is 0 Å². The Morgan fingerprint density at radius 2 is 1.89 bits per heavy atom. The van der Waals surface area contributed by atoms with E-state index in [1.165, 1.54) is 17.5 Å². The second-order valence-electron chi connectivity index (χ2n) is 12.2. The first-order valence-corrected chi connectivity index (χ1v) is 13.7. The van der Waals surface area contributed by atoms with E-state index in [-0.39, 0.29) is 18.4 Å². The van der Waals surface area contributed by atoms with Gasteiger partial charge in [-0.3, -0.25) is 4.79 Å². The number of pyridine rings is 1. The Kier molecular flexibility index (Phi) is 6.10. The average Bonchev–Trinajstić information content (AvgIpc) is 3.67. The standard InChI is InChI=1S/C30H37N7O.H2/c1-30(2,3)25-7-6-8-26(33-25)37-27-24(28(38)36(37)23-13-14-23)17-31-29(34-27)32-22-12-11-20-15-19(18-35(4)5)9-10-21(20)16-22;/h6-8,11-12,16-17,19,23H,9-10,13-15,18H2,1-5H3,(H,31,32,34);1H. The van der Waals surface area contributed by atoms with Crippen molar-refractivity contribution >= 4 is 22.7 Å². The summed E-state index contributed by atoms with van der Waals surface area (Å²) >= 11 is 0. The molecule has 6 rings (SSSR count). The summed E-state index contributed by atoms with van der Waals surface area (Å²) < 4.78 is 3.72. The maximum atomic E-state index is 13.4. The molecule has 1 saturated carbocycles. The number of benzene rings is 1. The zero-order valence-corrected chi connectivity index (χ0v) is 23.0. The molecule has 3 aromatic heterocycles. The van der Waals surface area contributed by atoms with Gasteiger partial charge in [-0.05, 0) is 87.5 Å². The lowest BCUT2D eigenvalue weighted by Gasteiger charge is -2.27. The molecule has 1 fully saturated rings. The highest BCUT2D eigenvalue weighted by Crippen LogP contribution is 2.36. The first-order valence-electron chi connectivity index (χ1n) is 13.7. The zero-order chi connectivity index (χ0) is 26.6. The minimum absolute atomic E-state index is 0. The summed E-state index contributed by atoms with van der Waals surface area (Å²) in [6, 6.07) is 12.7. The molecule has 2 aliphatic carbocycles. The Balaban J connectivity index is 0.00000308. The minimum Gasteiger partial charge on any atom is -0.324 e. The Morgan fingerprint density at radius 1 is 1.08 bits per heavy atom. The summed E-state index contributed by atoms with van der Waals surface area (Å²) in [6.45, 7) is 7.56. The number of aromatic nitrogens is 5. The molecule has 0 spiro atoms. The Morgan fingerprint density at radius 3 is 2.63 bits per heavy atom. The Labute approximate surface area is 225 Å². The molecule has 1 N–H and O–H groups in total. The first-order chi connectivity index (χ1) is 18.2. The maximum absolute atomic E-state index is 13.4. The molecule has 0 aliphatic heterocycles. The second-order valence-corrected chi connectivity index (χ2v) is 12.2. The van der Waals surface area contributed by atoms with Gasteiger partial charge in [-0.1, -0.05) is 32.9 Å². The van der Waals surface area contributed by atoms with E-state index < -0.39 is 0 Å². The molecule has 1 atom stereocenters. The minimum atomic E-state index is -0.107. The van der Waals surface area contributed by atoms with Crippen LogP contribution >= 0.6 is 0 Å². The van der Waals surface area contributed by atoms with E-state index in [9.17, 15) is 4.79 Å². The molecule has 0 amide bonds. The van der Waals surface area contributed by atoms with E-state index in [4.69, 9.17) is 9.97 Å². The highest BCUT2D eigenvalue weighted by atomic mass is 16.1. The molecule has 8 nitrogen and oxygen atoms in total. The van der Waals surface area contributed by atoms with Gasteiger partial charge >= 0.3 is 0 Å². The SMILES string of the molecule is CN(C)CC1CCc2cc(Nc3ncc4c(=O)n(C5CC5)n(-c5cccc(C(C)(C)C)n5)c4n3)ccc2C1.[HH]. The molecule has 200 valence electrons. The van der Waals surface area contributed by atoms with Crippen molar-refractivity contribution in [1.82, 2.24) is 29.2 Å². The van der Waals surface area contributed by atoms with Crippen molar-refractivity contribution in [1.29, 1.82) is 0 Å². The van der Waals surface area contributed by atoms with Crippen LogP contribution in [0.4, 0.5) is 11.6 Å². The number of nitrogens with zero attached hydrogens (tertiary/aromatic N) is 6. The molecule has 4 aromatic rings. The Hall–Kier alpha value is -3.52. The number of rotatable bonds is 6. The highest BCUT2D eigenvalue weighted by Gasteiger charge is 2.31. The molecular weight excluding hydrogens is 474 g/mol. The van der Waals surface area contributed by atoms with Crippen molar-refractivity contribution in [2.45, 2.75) is 64.3 Å². The monoisotopic (exact) mass is 513 g/mol. The van der Waals surface area contributed by atoms with Gasteiger partial charge in [0.2, 0.25) is 5.95 Å². The van der Waals surface area contributed by atoms with Gasteiger partial charge < -0.3 is 10.2 Å². The van der Waals surface area contributed by atoms with Crippen LogP contribution in [0.2, 0.25) is 0 Å². The third kappa shape index (κ3) is 4.73. The summed E-state index contributed by atoms with van der Waals surface area (Å²) in [5, 5.41) is 3.92. The number of hydrogen-bond donors (Lipinski definition) is 1. The van der Waals surface area contributed by atoms with Crippen molar-refractivity contribution in [3.8, 4) is 5.82 Å². The topological polar surface area (TPSA) is 80.9 Å². The van der Waals surface area contributed by atoms with Gasteiger partial charge in [-0.15, -0.1) is 0 Å². The lowest BCUT2D eigenvalue weighted by molar-refractivity contribution is 0.303. The van der Waals surface area contributed by atoms with Gasteiger partial charge in [0.25, 0.3) is 5.56 Å². The summed E-state index contributed by atoms with van der Waals surface area (Å²) in [5.74, 6) is 1.90. The van der Waals surface area contributed by atoms with Crippen LogP contribution in [0.15, 0.2) is 47.4 Å². The summed E-state index contributed by atoms with van der Waals surface area (Å²) in [6.07, 6.45) is 7.04. The maximum Gasteiger partial charge on any atom is 0.278 e. The van der Waals surface area contributed by atoms with E-state index in [2.05, 4.69) is 68.3 Å². The molecule has 2 aliphatic rings. The predicted octanol–water partition coefficient (Wildman–Crippen LogP) is 5.27. The van der Waals surface area contributed by atoms with Gasteiger partial charge in [0.15, 0.2) is 11.5 Å². The first kappa shape index (κ1) is 24.8. The second kappa shape index (κ2) is 9.34. The van der Waals surface area contributed by atoms with Gasteiger partial charge in [0, 0.05) is 31.0 Å². The number of anilines is 2. The van der Waals surface area contributed by atoms with Crippen molar-refractivity contribution in [3.05, 3.63) is 69.8 Å². The molecule has 1 aromatic carbocycles. The molecule has 0 radical (unpaired) electrons. The largest absolute Gasteiger partial charge is 0.324 e. The van der Waals surface area contributed by atoms with Crippen LogP contribution in [0.1, 0.15) is 64.3 Å². The number of nitrogens with one attached hydrogen (secondary N) is 1. The molecular formula is C30H39N7O. The summed E-state index contributed by atoms with van der Waals surface area (Å²) in [5.41, 5.74) is 5.19. The molecule has 8 heteroatoms. The summed E-state index contributed by atoms with van der Waals surface area (Å²) in [4.78, 5) is 30.0. The van der Waals surface area contributed by atoms with Crippen LogP contribution in [0.3, 0.4) is 0 Å². The number of fused-ring (bicyclic) bond motifs is 2. The van der Waals surface area contributed by atoms with Crippen LogP contribution in [0.25, 0.3) is 16.9 Å². The third-order valence-electron chi connectivity index (χ3n) is 7.65. The molecule has 1 unspecified atom stereocenters. The fourth-order valence-electron chi connectivity index (χ4n) is 5.60. The van der Waals surface area contributed by atoms with Gasteiger partial charge in [-0.2, -0.15) is 4.98 Å². The van der Waals surface area contributed by atoms with Crippen molar-refractivity contribution in [2.75, 3.05) is 26.0 Å². The van der Waals surface area contributed by atoms with Crippen molar-refractivity contribution < 1.29 is 1.43 Å². The lowest BCUT2D eigenvalue weighted by Crippen LogP contribution is -2.26. The number of hydrogen-bond acceptors (Lipinski definition) is 6. The van der Waals surface area contributed by atoms with Crippen molar-refractivity contribution in [2.24, 2.45) is 5.92 Å². The fraction of sp³-hybridized carbons (Fsp3) is 0.467. The molecule has 0 saturated heterocycles. The van der Waals surface area contributed by atoms with Gasteiger partial charge in [0.05, 0.1) is 6.04 Å². The molecule has 38 heavy (non-hydrogen) atoms. The van der Waals surface area contributed by atoms with E-state index in [0.29, 0.717) is 28.7 Å². The van der Waals surface area contributed by atoms with E-state index in [1.54, 1.807) is 6.20 Å². The zero-order valence-electron chi connectivity index (χ0n) is 23.0.